The van der Waals surface area contributed by atoms with Gasteiger partial charge in [-0.3, -0.25) is 0 Å². The van der Waals surface area contributed by atoms with Crippen LogP contribution in [0.15, 0.2) is 42.6 Å². The molecule has 2 N–H and O–H groups in total. The summed E-state index contributed by atoms with van der Waals surface area (Å²) in [7, 11) is 0. The van der Waals surface area contributed by atoms with Crippen LogP contribution in [-0.2, 0) is 6.54 Å². The van der Waals surface area contributed by atoms with Gasteiger partial charge in [0, 0.05) is 24.0 Å². The van der Waals surface area contributed by atoms with E-state index in [1.165, 1.54) is 23.2 Å². The summed E-state index contributed by atoms with van der Waals surface area (Å²) in [6, 6.07) is 12.7. The highest BCUT2D eigenvalue weighted by molar-refractivity contribution is 5.63. The van der Waals surface area contributed by atoms with Crippen LogP contribution in [-0.4, -0.2) is 11.5 Å². The molecule has 0 saturated heterocycles. The molecule has 0 aliphatic rings. The van der Waals surface area contributed by atoms with E-state index in [-0.39, 0.29) is 0 Å². The molecule has 2 heteroatoms. The number of aromatic amines is 1. The summed E-state index contributed by atoms with van der Waals surface area (Å²) in [5.41, 5.74) is 3.82. The van der Waals surface area contributed by atoms with Crippen molar-refractivity contribution in [3.05, 3.63) is 48.2 Å². The first-order valence-electron chi connectivity index (χ1n) is 5.84. The summed E-state index contributed by atoms with van der Waals surface area (Å²) >= 11 is 0. The van der Waals surface area contributed by atoms with Crippen molar-refractivity contribution in [2.24, 2.45) is 0 Å². The van der Waals surface area contributed by atoms with Crippen molar-refractivity contribution in [2.75, 3.05) is 6.54 Å². The Hall–Kier alpha value is -1.54. The topological polar surface area (TPSA) is 27.8 Å². The SMILES string of the molecule is CCCNCc1ccccc1-c1ccc[nH]1. The summed E-state index contributed by atoms with van der Waals surface area (Å²) in [6.07, 6.45) is 3.14. The third-order valence-electron chi connectivity index (χ3n) is 2.65. The molecule has 16 heavy (non-hydrogen) atoms. The number of H-pyrrole nitrogens is 1. The summed E-state index contributed by atoms with van der Waals surface area (Å²) in [5.74, 6) is 0. The number of nitrogens with one attached hydrogen (secondary N) is 2. The minimum Gasteiger partial charge on any atom is -0.361 e. The second kappa shape index (κ2) is 5.52. The number of aromatic nitrogens is 1. The van der Waals surface area contributed by atoms with Gasteiger partial charge in [0.25, 0.3) is 0 Å². The standard InChI is InChI=1S/C14H18N2/c1-2-9-15-11-12-6-3-4-7-13(12)14-8-5-10-16-14/h3-8,10,15-16H,2,9,11H2,1H3. The molecule has 2 rings (SSSR count). The summed E-state index contributed by atoms with van der Waals surface area (Å²) in [6.45, 7) is 4.19. The smallest absolute Gasteiger partial charge is 0.0457 e. The lowest BCUT2D eigenvalue weighted by Gasteiger charge is -2.08. The lowest BCUT2D eigenvalue weighted by atomic mass is 10.0. The van der Waals surface area contributed by atoms with Gasteiger partial charge in [0.05, 0.1) is 0 Å². The van der Waals surface area contributed by atoms with E-state index in [4.69, 9.17) is 0 Å². The van der Waals surface area contributed by atoms with Gasteiger partial charge < -0.3 is 10.3 Å². The van der Waals surface area contributed by atoms with Gasteiger partial charge in [-0.1, -0.05) is 31.2 Å². The average Bonchev–Trinajstić information content (AvgIpc) is 2.83. The molecule has 1 aromatic carbocycles. The maximum Gasteiger partial charge on any atom is 0.0457 e. The van der Waals surface area contributed by atoms with E-state index in [9.17, 15) is 0 Å². The van der Waals surface area contributed by atoms with Crippen LogP contribution in [0, 0.1) is 0 Å². The van der Waals surface area contributed by atoms with E-state index >= 15 is 0 Å². The molecule has 1 aromatic heterocycles. The highest BCUT2D eigenvalue weighted by atomic mass is 14.8. The van der Waals surface area contributed by atoms with Crippen LogP contribution in [0.2, 0.25) is 0 Å². The Morgan fingerprint density at radius 2 is 2.00 bits per heavy atom. The molecular weight excluding hydrogens is 196 g/mol. The van der Waals surface area contributed by atoms with E-state index in [2.05, 4.69) is 47.6 Å². The molecule has 2 nitrogen and oxygen atoms in total. The Kier molecular flexibility index (Phi) is 3.78. The maximum absolute atomic E-state index is 3.44. The van der Waals surface area contributed by atoms with E-state index in [1.807, 2.05) is 12.3 Å². The normalized spacial score (nSPS) is 10.6. The van der Waals surface area contributed by atoms with Gasteiger partial charge in [-0.25, -0.2) is 0 Å². The van der Waals surface area contributed by atoms with Gasteiger partial charge in [-0.2, -0.15) is 0 Å². The fourth-order valence-electron chi connectivity index (χ4n) is 1.83. The fourth-order valence-corrected chi connectivity index (χ4v) is 1.83. The molecule has 0 radical (unpaired) electrons. The molecule has 0 spiro atoms. The Bertz CT molecular complexity index is 418. The molecule has 0 atom stereocenters. The molecule has 0 aliphatic heterocycles. The van der Waals surface area contributed by atoms with Crippen LogP contribution >= 0.6 is 0 Å². The Balaban J connectivity index is 2.18. The number of hydrogen-bond donors (Lipinski definition) is 2. The van der Waals surface area contributed by atoms with E-state index in [0.29, 0.717) is 0 Å². The Labute approximate surface area is 96.7 Å². The van der Waals surface area contributed by atoms with Crippen molar-refractivity contribution in [1.82, 2.24) is 10.3 Å². The van der Waals surface area contributed by atoms with Crippen molar-refractivity contribution in [1.29, 1.82) is 0 Å². The van der Waals surface area contributed by atoms with Crippen molar-refractivity contribution < 1.29 is 0 Å². The minimum absolute atomic E-state index is 0.934. The number of hydrogen-bond acceptors (Lipinski definition) is 1. The van der Waals surface area contributed by atoms with Crippen molar-refractivity contribution in [2.45, 2.75) is 19.9 Å². The minimum atomic E-state index is 0.934. The third kappa shape index (κ3) is 2.52. The van der Waals surface area contributed by atoms with Gasteiger partial charge >= 0.3 is 0 Å². The van der Waals surface area contributed by atoms with Crippen LogP contribution in [0.4, 0.5) is 0 Å². The molecule has 0 saturated carbocycles. The van der Waals surface area contributed by atoms with Gasteiger partial charge in [0.15, 0.2) is 0 Å². The highest BCUT2D eigenvalue weighted by Crippen LogP contribution is 2.21. The van der Waals surface area contributed by atoms with E-state index < -0.39 is 0 Å². The second-order valence-electron chi connectivity index (χ2n) is 3.92. The second-order valence-corrected chi connectivity index (χ2v) is 3.92. The fraction of sp³-hybridized carbons (Fsp3) is 0.286. The summed E-state index contributed by atoms with van der Waals surface area (Å²) in [4.78, 5) is 3.26. The number of rotatable bonds is 5. The van der Waals surface area contributed by atoms with Crippen molar-refractivity contribution >= 4 is 0 Å². The first kappa shape index (κ1) is 11.0. The Morgan fingerprint density at radius 3 is 2.75 bits per heavy atom. The van der Waals surface area contributed by atoms with Gasteiger partial charge in [-0.15, -0.1) is 0 Å². The van der Waals surface area contributed by atoms with Crippen LogP contribution in [0.1, 0.15) is 18.9 Å². The predicted molar refractivity (Wildman–Crippen MR) is 68.2 cm³/mol. The average molecular weight is 214 g/mol. The molecule has 0 bridgehead atoms. The quantitative estimate of drug-likeness (QED) is 0.735. The first-order valence-corrected chi connectivity index (χ1v) is 5.84. The Morgan fingerprint density at radius 1 is 1.12 bits per heavy atom. The van der Waals surface area contributed by atoms with Gasteiger partial charge in [0.1, 0.15) is 0 Å². The summed E-state index contributed by atoms with van der Waals surface area (Å²) in [5, 5.41) is 3.44. The van der Waals surface area contributed by atoms with Crippen LogP contribution in [0.3, 0.4) is 0 Å². The predicted octanol–water partition coefficient (Wildman–Crippen LogP) is 3.18. The van der Waals surface area contributed by atoms with Crippen LogP contribution < -0.4 is 5.32 Å². The molecule has 0 unspecified atom stereocenters. The van der Waals surface area contributed by atoms with Crippen LogP contribution in [0.5, 0.6) is 0 Å². The molecule has 2 aromatic rings. The van der Waals surface area contributed by atoms with Gasteiger partial charge in [-0.05, 0) is 30.7 Å². The zero-order valence-corrected chi connectivity index (χ0v) is 9.66. The largest absolute Gasteiger partial charge is 0.361 e. The monoisotopic (exact) mass is 214 g/mol. The lowest BCUT2D eigenvalue weighted by Crippen LogP contribution is -2.14. The molecule has 0 fully saturated rings. The lowest BCUT2D eigenvalue weighted by molar-refractivity contribution is 0.676. The van der Waals surface area contributed by atoms with Crippen LogP contribution in [0.25, 0.3) is 11.3 Å². The van der Waals surface area contributed by atoms with E-state index in [0.717, 1.165) is 13.1 Å². The third-order valence-corrected chi connectivity index (χ3v) is 2.65. The van der Waals surface area contributed by atoms with E-state index in [1.54, 1.807) is 0 Å². The molecule has 84 valence electrons. The molecular formula is C14H18N2. The highest BCUT2D eigenvalue weighted by Gasteiger charge is 2.03. The molecule has 1 heterocycles. The van der Waals surface area contributed by atoms with Gasteiger partial charge in [0.2, 0.25) is 0 Å². The molecule has 0 aliphatic carbocycles. The molecule has 0 amide bonds. The summed E-state index contributed by atoms with van der Waals surface area (Å²) < 4.78 is 0. The maximum atomic E-state index is 3.44. The number of benzene rings is 1. The van der Waals surface area contributed by atoms with Crippen molar-refractivity contribution in [3.63, 3.8) is 0 Å². The zero-order chi connectivity index (χ0) is 11.2. The first-order chi connectivity index (χ1) is 7.92. The zero-order valence-electron chi connectivity index (χ0n) is 9.66. The van der Waals surface area contributed by atoms with Crippen molar-refractivity contribution in [3.8, 4) is 11.3 Å².